The van der Waals surface area contributed by atoms with Gasteiger partial charge in [0.05, 0.1) is 32.7 Å². The molecule has 0 N–H and O–H groups in total. The third-order valence-electron chi connectivity index (χ3n) is 7.51. The van der Waals surface area contributed by atoms with E-state index in [-0.39, 0.29) is 24.8 Å². The lowest BCUT2D eigenvalue weighted by Crippen LogP contribution is -2.13. The molecular formula is C32H52O5. The van der Waals surface area contributed by atoms with E-state index in [1.807, 2.05) is 0 Å². The third kappa shape index (κ3) is 14.5. The molecule has 0 aliphatic heterocycles. The van der Waals surface area contributed by atoms with E-state index in [9.17, 15) is 9.59 Å². The van der Waals surface area contributed by atoms with Crippen LogP contribution in [0.5, 0.6) is 5.75 Å². The van der Waals surface area contributed by atoms with Crippen LogP contribution in [0.1, 0.15) is 134 Å². The summed E-state index contributed by atoms with van der Waals surface area (Å²) in [5, 5.41) is 0. The quantitative estimate of drug-likeness (QED) is 0.128. The highest BCUT2D eigenvalue weighted by Gasteiger charge is 2.21. The molecule has 1 fully saturated rings. The minimum Gasteiger partial charge on any atom is -0.494 e. The van der Waals surface area contributed by atoms with Crippen molar-refractivity contribution in [3.05, 3.63) is 29.8 Å². The predicted octanol–water partition coefficient (Wildman–Crippen LogP) is 8.54. The van der Waals surface area contributed by atoms with E-state index in [0.717, 1.165) is 56.1 Å². The molecule has 5 nitrogen and oxygen atoms in total. The van der Waals surface area contributed by atoms with Crippen LogP contribution in [0.2, 0.25) is 0 Å². The molecule has 0 aromatic heterocycles. The Bertz CT molecular complexity index is 721. The molecule has 0 unspecified atom stereocenters. The van der Waals surface area contributed by atoms with Crippen LogP contribution in [0.4, 0.5) is 0 Å². The van der Waals surface area contributed by atoms with Crippen molar-refractivity contribution in [2.75, 3.05) is 19.8 Å². The molecule has 37 heavy (non-hydrogen) atoms. The number of hydrogen-bond donors (Lipinski definition) is 0. The first kappa shape index (κ1) is 31.2. The molecule has 1 aromatic rings. The predicted molar refractivity (Wildman–Crippen MR) is 150 cm³/mol. The van der Waals surface area contributed by atoms with E-state index in [2.05, 4.69) is 38.1 Å². The maximum absolute atomic E-state index is 11.8. The van der Waals surface area contributed by atoms with Gasteiger partial charge in [-0.15, -0.1) is 0 Å². The van der Waals surface area contributed by atoms with Crippen LogP contribution in [0, 0.1) is 5.92 Å². The molecule has 1 aliphatic carbocycles. The zero-order valence-electron chi connectivity index (χ0n) is 23.6. The SMILES string of the molecule is CCCCCCCOC(=O)CCC(=O)OCCCCCCOc1ccc(C2CCC(CCC)CC2)cc1. The lowest BCUT2D eigenvalue weighted by molar-refractivity contribution is -0.150. The van der Waals surface area contributed by atoms with E-state index in [1.165, 1.54) is 63.4 Å². The van der Waals surface area contributed by atoms with E-state index >= 15 is 0 Å². The molecule has 0 radical (unpaired) electrons. The fraction of sp³-hybridized carbons (Fsp3) is 0.750. The summed E-state index contributed by atoms with van der Waals surface area (Å²) in [5.41, 5.74) is 1.46. The Labute approximate surface area is 226 Å². The van der Waals surface area contributed by atoms with Gasteiger partial charge >= 0.3 is 11.9 Å². The smallest absolute Gasteiger partial charge is 0.306 e. The molecule has 210 valence electrons. The number of unbranched alkanes of at least 4 members (excludes halogenated alkanes) is 7. The second-order valence-electron chi connectivity index (χ2n) is 10.7. The maximum Gasteiger partial charge on any atom is 0.306 e. The van der Waals surface area contributed by atoms with Crippen molar-refractivity contribution < 1.29 is 23.8 Å². The number of rotatable bonds is 20. The molecule has 2 rings (SSSR count). The summed E-state index contributed by atoms with van der Waals surface area (Å²) in [6.07, 6.45) is 17.8. The minimum atomic E-state index is -0.319. The normalized spacial score (nSPS) is 17.4. The molecule has 0 bridgehead atoms. The maximum atomic E-state index is 11.8. The van der Waals surface area contributed by atoms with Crippen LogP contribution in [0.15, 0.2) is 24.3 Å². The lowest BCUT2D eigenvalue weighted by Gasteiger charge is -2.28. The van der Waals surface area contributed by atoms with Crippen molar-refractivity contribution in [3.63, 3.8) is 0 Å². The van der Waals surface area contributed by atoms with Crippen LogP contribution in [-0.4, -0.2) is 31.8 Å². The molecule has 0 atom stereocenters. The zero-order chi connectivity index (χ0) is 26.6. The third-order valence-corrected chi connectivity index (χ3v) is 7.51. The van der Waals surface area contributed by atoms with Crippen LogP contribution in [0.25, 0.3) is 0 Å². The van der Waals surface area contributed by atoms with Crippen molar-refractivity contribution in [1.29, 1.82) is 0 Å². The van der Waals surface area contributed by atoms with E-state index in [4.69, 9.17) is 14.2 Å². The van der Waals surface area contributed by atoms with Gasteiger partial charge in [-0.2, -0.15) is 0 Å². The van der Waals surface area contributed by atoms with E-state index in [0.29, 0.717) is 19.8 Å². The summed E-state index contributed by atoms with van der Waals surface area (Å²) in [6, 6.07) is 8.75. The first-order valence-corrected chi connectivity index (χ1v) is 15.2. The van der Waals surface area contributed by atoms with Gasteiger partial charge in [0, 0.05) is 0 Å². The van der Waals surface area contributed by atoms with Gasteiger partial charge in [0.2, 0.25) is 0 Å². The van der Waals surface area contributed by atoms with Gasteiger partial charge < -0.3 is 14.2 Å². The van der Waals surface area contributed by atoms with E-state index in [1.54, 1.807) is 0 Å². The highest BCUT2D eigenvalue weighted by molar-refractivity contribution is 5.77. The standard InChI is InChI=1S/C32H52O5/c1-3-5-6-7-11-25-36-31(33)22-23-32(34)37-26-12-9-8-10-24-35-30-20-18-29(19-21-30)28-16-14-27(13-4-2)15-17-28/h18-21,27-28H,3-17,22-26H2,1-2H3. The topological polar surface area (TPSA) is 61.8 Å². The summed E-state index contributed by atoms with van der Waals surface area (Å²) >= 11 is 0. The van der Waals surface area contributed by atoms with Gasteiger partial charge in [0.1, 0.15) is 5.75 Å². The summed E-state index contributed by atoms with van der Waals surface area (Å²) in [7, 11) is 0. The average molecular weight is 517 g/mol. The first-order chi connectivity index (χ1) is 18.1. The Balaban J connectivity index is 1.42. The van der Waals surface area contributed by atoms with Crippen LogP contribution in [0.3, 0.4) is 0 Å². The van der Waals surface area contributed by atoms with Crippen molar-refractivity contribution in [2.24, 2.45) is 5.92 Å². The molecule has 0 saturated heterocycles. The number of carbonyl (C=O) groups excluding carboxylic acids is 2. The summed E-state index contributed by atoms with van der Waals surface area (Å²) < 4.78 is 16.3. The average Bonchev–Trinajstić information content (AvgIpc) is 2.92. The van der Waals surface area contributed by atoms with Crippen LogP contribution >= 0.6 is 0 Å². The number of hydrogen-bond acceptors (Lipinski definition) is 5. The highest BCUT2D eigenvalue weighted by Crippen LogP contribution is 2.37. The first-order valence-electron chi connectivity index (χ1n) is 15.2. The molecule has 5 heteroatoms. The molecule has 0 spiro atoms. The molecule has 1 aliphatic rings. The summed E-state index contributed by atoms with van der Waals surface area (Å²) in [5.74, 6) is 1.99. The van der Waals surface area contributed by atoms with Crippen LogP contribution in [-0.2, 0) is 19.1 Å². The Hall–Kier alpha value is -2.04. The van der Waals surface area contributed by atoms with Gasteiger partial charge in [-0.1, -0.05) is 64.5 Å². The zero-order valence-corrected chi connectivity index (χ0v) is 23.6. The highest BCUT2D eigenvalue weighted by atomic mass is 16.5. The Kier molecular flexibility index (Phi) is 16.8. The Morgan fingerprint density at radius 3 is 1.76 bits per heavy atom. The lowest BCUT2D eigenvalue weighted by atomic mass is 9.77. The monoisotopic (exact) mass is 516 g/mol. The van der Waals surface area contributed by atoms with Crippen molar-refractivity contribution >= 4 is 11.9 Å². The molecular weight excluding hydrogens is 464 g/mol. The van der Waals surface area contributed by atoms with Gasteiger partial charge in [-0.3, -0.25) is 9.59 Å². The number of ether oxygens (including phenoxy) is 3. The second kappa shape index (κ2) is 20.0. The van der Waals surface area contributed by atoms with Gasteiger partial charge in [-0.05, 0) is 87.3 Å². The van der Waals surface area contributed by atoms with Crippen molar-refractivity contribution in [2.45, 2.75) is 129 Å². The Morgan fingerprint density at radius 2 is 1.22 bits per heavy atom. The van der Waals surface area contributed by atoms with Gasteiger partial charge in [0.15, 0.2) is 0 Å². The molecule has 1 saturated carbocycles. The Morgan fingerprint density at radius 1 is 0.676 bits per heavy atom. The fourth-order valence-corrected chi connectivity index (χ4v) is 5.20. The molecule has 1 aromatic carbocycles. The summed E-state index contributed by atoms with van der Waals surface area (Å²) in [6.45, 7) is 6.04. The molecule has 0 amide bonds. The van der Waals surface area contributed by atoms with Crippen LogP contribution < -0.4 is 4.74 Å². The second-order valence-corrected chi connectivity index (χ2v) is 10.7. The van der Waals surface area contributed by atoms with Crippen molar-refractivity contribution in [3.8, 4) is 5.75 Å². The van der Waals surface area contributed by atoms with Crippen molar-refractivity contribution in [1.82, 2.24) is 0 Å². The number of esters is 2. The van der Waals surface area contributed by atoms with E-state index < -0.39 is 0 Å². The largest absolute Gasteiger partial charge is 0.494 e. The minimum absolute atomic E-state index is 0.0986. The number of carbonyl (C=O) groups is 2. The van der Waals surface area contributed by atoms with Gasteiger partial charge in [0.25, 0.3) is 0 Å². The van der Waals surface area contributed by atoms with Gasteiger partial charge in [-0.25, -0.2) is 0 Å². The number of benzene rings is 1. The molecule has 0 heterocycles. The summed E-state index contributed by atoms with van der Waals surface area (Å²) in [4.78, 5) is 23.5. The fourth-order valence-electron chi connectivity index (χ4n) is 5.20.